The molecule has 1 saturated heterocycles. The van der Waals surface area contributed by atoms with Gasteiger partial charge >= 0.3 is 0 Å². The van der Waals surface area contributed by atoms with Crippen LogP contribution in [0.25, 0.3) is 11.3 Å². The van der Waals surface area contributed by atoms with Crippen molar-refractivity contribution in [2.75, 3.05) is 23.3 Å². The highest BCUT2D eigenvalue weighted by Crippen LogP contribution is 2.28. The van der Waals surface area contributed by atoms with Crippen LogP contribution in [-0.2, 0) is 0 Å². The zero-order valence-electron chi connectivity index (χ0n) is 13.8. The minimum atomic E-state index is 0.566. The van der Waals surface area contributed by atoms with Crippen molar-refractivity contribution in [1.82, 2.24) is 9.97 Å². The second-order valence-corrected chi connectivity index (χ2v) is 6.51. The van der Waals surface area contributed by atoms with Crippen molar-refractivity contribution >= 4 is 29.1 Å². The van der Waals surface area contributed by atoms with Crippen LogP contribution in [0.3, 0.4) is 0 Å². The molecule has 4 nitrogen and oxygen atoms in total. The Morgan fingerprint density at radius 2 is 1.60 bits per heavy atom. The van der Waals surface area contributed by atoms with Gasteiger partial charge in [-0.25, -0.2) is 4.98 Å². The van der Waals surface area contributed by atoms with Crippen LogP contribution in [0.15, 0.2) is 60.7 Å². The monoisotopic (exact) mass is 350 g/mol. The largest absolute Gasteiger partial charge is 0.356 e. The van der Waals surface area contributed by atoms with Crippen molar-refractivity contribution in [3.05, 3.63) is 65.7 Å². The molecule has 1 aliphatic rings. The van der Waals surface area contributed by atoms with Gasteiger partial charge in [-0.05, 0) is 25.0 Å². The molecule has 4 rings (SSSR count). The maximum Gasteiger partial charge on any atom is 0.229 e. The first kappa shape index (κ1) is 15.9. The van der Waals surface area contributed by atoms with Crippen molar-refractivity contribution in [1.29, 1.82) is 0 Å². The number of para-hydroxylation sites is 1. The number of nitrogens with zero attached hydrogens (tertiary/aromatic N) is 3. The zero-order valence-corrected chi connectivity index (χ0v) is 14.6. The number of rotatable bonds is 4. The summed E-state index contributed by atoms with van der Waals surface area (Å²) in [6.07, 6.45) is 2.41. The normalized spacial score (nSPS) is 13.9. The number of hydrogen-bond donors (Lipinski definition) is 1. The van der Waals surface area contributed by atoms with E-state index >= 15 is 0 Å². The molecule has 0 saturated carbocycles. The summed E-state index contributed by atoms with van der Waals surface area (Å²) in [4.78, 5) is 11.7. The lowest BCUT2D eigenvalue weighted by Gasteiger charge is -2.18. The quantitative estimate of drug-likeness (QED) is 0.707. The number of halogens is 1. The fraction of sp³-hybridized carbons (Fsp3) is 0.200. The van der Waals surface area contributed by atoms with Crippen molar-refractivity contribution in [3.8, 4) is 11.3 Å². The predicted molar refractivity (Wildman–Crippen MR) is 104 cm³/mol. The molecule has 1 N–H and O–H groups in total. The van der Waals surface area contributed by atoms with E-state index in [0.29, 0.717) is 11.0 Å². The Balaban J connectivity index is 1.74. The molecule has 1 aliphatic heterocycles. The molecule has 25 heavy (non-hydrogen) atoms. The van der Waals surface area contributed by atoms with Gasteiger partial charge in [0.25, 0.3) is 0 Å². The highest BCUT2D eigenvalue weighted by molar-refractivity contribution is 6.33. The number of anilines is 3. The van der Waals surface area contributed by atoms with Crippen LogP contribution in [0.2, 0.25) is 5.02 Å². The van der Waals surface area contributed by atoms with E-state index in [4.69, 9.17) is 21.6 Å². The Morgan fingerprint density at radius 1 is 0.880 bits per heavy atom. The van der Waals surface area contributed by atoms with Gasteiger partial charge in [-0.15, -0.1) is 0 Å². The Bertz CT molecular complexity index is 861. The Morgan fingerprint density at radius 3 is 2.36 bits per heavy atom. The fourth-order valence-corrected chi connectivity index (χ4v) is 3.22. The zero-order chi connectivity index (χ0) is 17.1. The summed E-state index contributed by atoms with van der Waals surface area (Å²) in [5.74, 6) is 1.53. The van der Waals surface area contributed by atoms with Gasteiger partial charge in [0, 0.05) is 24.7 Å². The van der Waals surface area contributed by atoms with Gasteiger partial charge in [0.15, 0.2) is 0 Å². The van der Waals surface area contributed by atoms with E-state index in [9.17, 15) is 0 Å². The van der Waals surface area contributed by atoms with Crippen LogP contribution in [0, 0.1) is 0 Å². The van der Waals surface area contributed by atoms with E-state index in [-0.39, 0.29) is 0 Å². The van der Waals surface area contributed by atoms with Crippen LogP contribution in [-0.4, -0.2) is 23.1 Å². The van der Waals surface area contributed by atoms with Crippen molar-refractivity contribution in [2.45, 2.75) is 12.8 Å². The van der Waals surface area contributed by atoms with Gasteiger partial charge in [0.2, 0.25) is 5.95 Å². The summed E-state index contributed by atoms with van der Waals surface area (Å²) in [5, 5.41) is 3.92. The first-order chi connectivity index (χ1) is 12.3. The summed E-state index contributed by atoms with van der Waals surface area (Å²) < 4.78 is 0. The number of aromatic nitrogens is 2. The molecule has 0 unspecified atom stereocenters. The summed E-state index contributed by atoms with van der Waals surface area (Å²) in [6.45, 7) is 2.08. The molecule has 126 valence electrons. The average Bonchev–Trinajstić information content (AvgIpc) is 3.19. The summed E-state index contributed by atoms with van der Waals surface area (Å²) in [5.41, 5.74) is 2.79. The third-order valence-corrected chi connectivity index (χ3v) is 4.66. The molecule has 5 heteroatoms. The summed E-state index contributed by atoms with van der Waals surface area (Å²) in [6, 6.07) is 19.9. The minimum Gasteiger partial charge on any atom is -0.356 e. The minimum absolute atomic E-state index is 0.566. The van der Waals surface area contributed by atoms with Crippen LogP contribution in [0.1, 0.15) is 12.8 Å². The highest BCUT2D eigenvalue weighted by Gasteiger charge is 2.16. The van der Waals surface area contributed by atoms with Gasteiger partial charge in [0.05, 0.1) is 16.4 Å². The van der Waals surface area contributed by atoms with Gasteiger partial charge in [-0.3, -0.25) is 0 Å². The van der Waals surface area contributed by atoms with E-state index in [1.807, 2.05) is 42.5 Å². The lowest BCUT2D eigenvalue weighted by molar-refractivity contribution is 0.931. The van der Waals surface area contributed by atoms with Crippen molar-refractivity contribution in [2.24, 2.45) is 0 Å². The van der Waals surface area contributed by atoms with Gasteiger partial charge < -0.3 is 10.2 Å². The van der Waals surface area contributed by atoms with Crippen LogP contribution >= 0.6 is 11.6 Å². The summed E-state index contributed by atoms with van der Waals surface area (Å²) >= 11 is 6.27. The lowest BCUT2D eigenvalue weighted by Crippen LogP contribution is -2.19. The Kier molecular flexibility index (Phi) is 4.53. The van der Waals surface area contributed by atoms with Gasteiger partial charge in [-0.2, -0.15) is 4.98 Å². The van der Waals surface area contributed by atoms with Gasteiger partial charge in [0.1, 0.15) is 5.82 Å². The molecule has 0 amide bonds. The Labute approximate surface area is 152 Å². The van der Waals surface area contributed by atoms with Gasteiger partial charge in [-0.1, -0.05) is 54.1 Å². The maximum atomic E-state index is 6.27. The molecule has 0 radical (unpaired) electrons. The fourth-order valence-electron chi connectivity index (χ4n) is 3.04. The summed E-state index contributed by atoms with van der Waals surface area (Å²) in [7, 11) is 0. The lowest BCUT2D eigenvalue weighted by atomic mass is 10.1. The van der Waals surface area contributed by atoms with Crippen LogP contribution < -0.4 is 10.2 Å². The number of nitrogens with one attached hydrogen (secondary N) is 1. The number of hydrogen-bond acceptors (Lipinski definition) is 4. The number of benzene rings is 2. The van der Waals surface area contributed by atoms with Crippen LogP contribution in [0.4, 0.5) is 17.5 Å². The standard InChI is InChI=1S/C20H19ClN4/c21-16-10-4-5-11-17(16)22-20-23-18(15-8-2-1-3-9-15)14-19(24-20)25-12-6-7-13-25/h1-5,8-11,14H,6-7,12-13H2,(H,22,23,24). The van der Waals surface area contributed by atoms with E-state index in [1.165, 1.54) is 12.8 Å². The van der Waals surface area contributed by atoms with Crippen molar-refractivity contribution < 1.29 is 0 Å². The molecule has 0 spiro atoms. The molecular formula is C20H19ClN4. The van der Waals surface area contributed by atoms with Crippen LogP contribution in [0.5, 0.6) is 0 Å². The van der Waals surface area contributed by atoms with Crippen molar-refractivity contribution in [3.63, 3.8) is 0 Å². The molecule has 1 fully saturated rings. The molecule has 2 heterocycles. The van der Waals surface area contributed by atoms with E-state index < -0.39 is 0 Å². The molecule has 0 bridgehead atoms. The maximum absolute atomic E-state index is 6.27. The highest BCUT2D eigenvalue weighted by atomic mass is 35.5. The third-order valence-electron chi connectivity index (χ3n) is 4.33. The predicted octanol–water partition coefficient (Wildman–Crippen LogP) is 5.14. The van der Waals surface area contributed by atoms with E-state index in [0.717, 1.165) is 35.9 Å². The Hall–Kier alpha value is -2.59. The van der Waals surface area contributed by atoms with E-state index in [2.05, 4.69) is 28.4 Å². The molecule has 2 aromatic carbocycles. The molecule has 0 atom stereocenters. The van der Waals surface area contributed by atoms with E-state index in [1.54, 1.807) is 0 Å². The molecule has 3 aromatic rings. The SMILES string of the molecule is Clc1ccccc1Nc1nc(-c2ccccc2)cc(N2CCCC2)n1. The molecule has 1 aromatic heterocycles. The second kappa shape index (κ2) is 7.11. The first-order valence-electron chi connectivity index (χ1n) is 8.50. The molecule has 0 aliphatic carbocycles. The average molecular weight is 351 g/mol. The second-order valence-electron chi connectivity index (χ2n) is 6.10. The third kappa shape index (κ3) is 3.59. The smallest absolute Gasteiger partial charge is 0.229 e. The molecular weight excluding hydrogens is 332 g/mol. The topological polar surface area (TPSA) is 41.1 Å². The first-order valence-corrected chi connectivity index (χ1v) is 8.88.